The third kappa shape index (κ3) is 17.9. The number of non-ortho nitro benzene ring substituents is 2. The molecule has 103 heavy (non-hydrogen) atoms. The van der Waals surface area contributed by atoms with Gasteiger partial charge in [-0.3, -0.25) is 45.2 Å². The van der Waals surface area contributed by atoms with Gasteiger partial charge < -0.3 is 30.6 Å². The van der Waals surface area contributed by atoms with Crippen LogP contribution in [0.3, 0.4) is 0 Å². The summed E-state index contributed by atoms with van der Waals surface area (Å²) < 4.78 is 16.5. The molecule has 528 valence electrons. The summed E-state index contributed by atoms with van der Waals surface area (Å²) in [5.41, 5.74) is 16.6. The van der Waals surface area contributed by atoms with Crippen molar-refractivity contribution in [2.75, 3.05) is 13.1 Å². The van der Waals surface area contributed by atoms with Crippen molar-refractivity contribution in [2.45, 2.75) is 117 Å². The lowest BCUT2D eigenvalue weighted by Crippen LogP contribution is -2.44. The third-order valence-electron chi connectivity index (χ3n) is 17.2. The molecule has 3 aliphatic carbocycles. The van der Waals surface area contributed by atoms with Crippen molar-refractivity contribution in [3.63, 3.8) is 0 Å². The minimum atomic E-state index is -1.25. The van der Waals surface area contributed by atoms with E-state index in [9.17, 15) is 58.6 Å². The van der Waals surface area contributed by atoms with Crippen LogP contribution in [0.15, 0.2) is 139 Å². The van der Waals surface area contributed by atoms with Crippen LogP contribution >= 0.6 is 11.3 Å². The van der Waals surface area contributed by atoms with Crippen LogP contribution in [0.5, 0.6) is 0 Å². The zero-order valence-corrected chi connectivity index (χ0v) is 57.9. The first kappa shape index (κ1) is 73.5. The molecule has 3 atom stereocenters. The van der Waals surface area contributed by atoms with E-state index in [4.69, 9.17) is 34.9 Å². The summed E-state index contributed by atoms with van der Waals surface area (Å²) in [7, 11) is 0. The second kappa shape index (κ2) is 33.8. The molecular weight excluding hydrogens is 1340 g/mol. The molecule has 3 aliphatic rings. The number of hydrogen-bond donors (Lipinski definition) is 5. The number of pyridine rings is 3. The molecular formula is C77H74N10O15S. The molecule has 0 aliphatic heterocycles. The Morgan fingerprint density at radius 3 is 1.28 bits per heavy atom. The Hall–Kier alpha value is -12.2. The van der Waals surface area contributed by atoms with E-state index < -0.39 is 69.9 Å². The van der Waals surface area contributed by atoms with Crippen molar-refractivity contribution >= 4 is 138 Å². The number of carbonyl (C=O) groups excluding carboxylic acids is 8. The molecule has 0 saturated carbocycles. The summed E-state index contributed by atoms with van der Waals surface area (Å²) in [5, 5.41) is 35.7. The molecule has 9 aromatic rings. The van der Waals surface area contributed by atoms with Crippen molar-refractivity contribution in [3.05, 3.63) is 226 Å². The zero-order valence-electron chi connectivity index (χ0n) is 57.1. The smallest absolute Gasteiger partial charge is 0.339 e. The highest BCUT2D eigenvalue weighted by Gasteiger charge is 2.33. The van der Waals surface area contributed by atoms with Crippen LogP contribution < -0.4 is 27.0 Å². The number of imide groups is 2. The molecule has 0 spiro atoms. The summed E-state index contributed by atoms with van der Waals surface area (Å²) in [6, 6.07) is 37.0. The number of fused-ring (bicyclic) bond motifs is 6. The maximum Gasteiger partial charge on any atom is 0.339 e. The van der Waals surface area contributed by atoms with Gasteiger partial charge >= 0.3 is 30.0 Å². The van der Waals surface area contributed by atoms with Gasteiger partial charge in [0.1, 0.15) is 0 Å². The predicted octanol–water partition coefficient (Wildman–Crippen LogP) is 13.4. The Bertz CT molecular complexity index is 4930. The van der Waals surface area contributed by atoms with Gasteiger partial charge in [-0.25, -0.2) is 38.9 Å². The van der Waals surface area contributed by atoms with E-state index in [0.29, 0.717) is 116 Å². The average molecular weight is 1410 g/mol. The quantitative estimate of drug-likeness (QED) is 0.0245. The SMILES string of the molecule is CC(OC(=O)c1c2c(nc3ccccc13)/C(=C/c1cccc([N+](=O)[O-])c1)CCC2)C(=O)NC(N)=O.CCCNC(=O)C(C)OC(=O)c1c2c(nc3ccccc13)/C(=C/c1cccc([N+](=O)[O-])c1)CCC2.CCNC(=O)NC(=O)C(C)OC(=O)c1c2c(nc3ccccc13)/C(=C\c1cccs1)CCC2. The minimum absolute atomic E-state index is 0.0152. The van der Waals surface area contributed by atoms with Crippen LogP contribution in [-0.2, 0) is 47.9 Å². The Balaban J connectivity index is 0.000000166. The van der Waals surface area contributed by atoms with Crippen LogP contribution in [0, 0.1) is 20.2 Å². The maximum atomic E-state index is 13.4. The largest absolute Gasteiger partial charge is 0.449 e. The normalized spacial score (nSPS) is 14.9. The van der Waals surface area contributed by atoms with Gasteiger partial charge in [-0.1, -0.05) is 91.9 Å². The molecule has 5 aromatic carbocycles. The van der Waals surface area contributed by atoms with E-state index >= 15 is 0 Å². The van der Waals surface area contributed by atoms with Crippen molar-refractivity contribution < 1.29 is 62.4 Å². The molecule has 12 rings (SSSR count). The van der Waals surface area contributed by atoms with Crippen LogP contribution in [0.25, 0.3) is 67.7 Å². The molecule has 4 heterocycles. The number of nitrogens with one attached hydrogen (secondary N) is 4. The van der Waals surface area contributed by atoms with E-state index in [0.717, 1.165) is 76.9 Å². The molecule has 4 aromatic heterocycles. The number of allylic oxidation sites excluding steroid dienone is 3. The first-order valence-electron chi connectivity index (χ1n) is 33.6. The third-order valence-corrected chi connectivity index (χ3v) is 18.0. The van der Waals surface area contributed by atoms with Gasteiger partial charge in [-0.2, -0.15) is 0 Å². The van der Waals surface area contributed by atoms with Crippen molar-refractivity contribution in [1.29, 1.82) is 0 Å². The summed E-state index contributed by atoms with van der Waals surface area (Å²) in [6.45, 7) is 8.94. The highest BCUT2D eigenvalue weighted by atomic mass is 32.1. The van der Waals surface area contributed by atoms with Crippen LogP contribution in [0.2, 0.25) is 0 Å². The molecule has 0 saturated heterocycles. The summed E-state index contributed by atoms with van der Waals surface area (Å²) in [6.07, 6.45) is 9.90. The number of nitro groups is 2. The van der Waals surface area contributed by atoms with Gasteiger partial charge in [0.2, 0.25) is 0 Å². The van der Waals surface area contributed by atoms with E-state index in [2.05, 4.69) is 28.1 Å². The zero-order chi connectivity index (χ0) is 73.4. The molecule has 0 bridgehead atoms. The number of urea groups is 2. The number of rotatable bonds is 17. The second-order valence-electron chi connectivity index (χ2n) is 24.4. The van der Waals surface area contributed by atoms with Gasteiger partial charge in [0.25, 0.3) is 29.1 Å². The number of benzene rings is 5. The molecule has 26 heteroatoms. The number of thiophene rings is 1. The predicted molar refractivity (Wildman–Crippen MR) is 391 cm³/mol. The number of nitrogens with two attached hydrogens (primary N) is 1. The van der Waals surface area contributed by atoms with E-state index in [1.807, 2.05) is 84.4 Å². The monoisotopic (exact) mass is 1410 g/mol. The number of esters is 3. The molecule has 0 fully saturated rings. The second-order valence-corrected chi connectivity index (χ2v) is 25.4. The Morgan fingerprint density at radius 1 is 0.505 bits per heavy atom. The first-order chi connectivity index (χ1) is 49.6. The van der Waals surface area contributed by atoms with Crippen LogP contribution in [-0.4, -0.2) is 104 Å². The number of carbonyl (C=O) groups is 8. The Morgan fingerprint density at radius 2 is 0.903 bits per heavy atom. The highest BCUT2D eigenvalue weighted by Crippen LogP contribution is 2.41. The summed E-state index contributed by atoms with van der Waals surface area (Å²) in [5.74, 6) is -3.72. The highest BCUT2D eigenvalue weighted by molar-refractivity contribution is 7.10. The summed E-state index contributed by atoms with van der Waals surface area (Å²) >= 11 is 1.65. The number of primary amides is 1. The molecule has 3 unspecified atom stereocenters. The molecule has 25 nitrogen and oxygen atoms in total. The fourth-order valence-electron chi connectivity index (χ4n) is 12.4. The number of para-hydroxylation sites is 3. The van der Waals surface area contributed by atoms with Gasteiger partial charge in [0.15, 0.2) is 18.3 Å². The van der Waals surface area contributed by atoms with Gasteiger partial charge in [-0.05, 0) is 184 Å². The summed E-state index contributed by atoms with van der Waals surface area (Å²) in [4.78, 5) is 136. The topological polar surface area (TPSA) is 363 Å². The number of amides is 7. The van der Waals surface area contributed by atoms with Crippen molar-refractivity contribution in [3.8, 4) is 0 Å². The van der Waals surface area contributed by atoms with Crippen LogP contribution in [0.4, 0.5) is 21.0 Å². The Kier molecular flexibility index (Phi) is 24.1. The fourth-order valence-corrected chi connectivity index (χ4v) is 13.1. The number of ether oxygens (including phenoxy) is 3. The molecule has 6 N–H and O–H groups in total. The van der Waals surface area contributed by atoms with Crippen LogP contribution in [0.1, 0.15) is 160 Å². The first-order valence-corrected chi connectivity index (χ1v) is 34.5. The molecule has 0 radical (unpaired) electrons. The number of aromatic nitrogens is 3. The van der Waals surface area contributed by atoms with Crippen molar-refractivity contribution in [2.24, 2.45) is 5.73 Å². The van der Waals surface area contributed by atoms with E-state index in [-0.39, 0.29) is 17.3 Å². The lowest BCUT2D eigenvalue weighted by Gasteiger charge is -2.23. The number of hydrogen-bond acceptors (Lipinski definition) is 19. The lowest BCUT2D eigenvalue weighted by atomic mass is 9.86. The minimum Gasteiger partial charge on any atom is -0.449 e. The maximum absolute atomic E-state index is 13.4. The number of nitro benzene ring substituents is 2. The van der Waals surface area contributed by atoms with Gasteiger partial charge in [0, 0.05) is 58.4 Å². The van der Waals surface area contributed by atoms with Gasteiger partial charge in [-0.15, -0.1) is 11.3 Å². The number of nitrogens with zero attached hydrogens (tertiary/aromatic N) is 5. The fraction of sp³-hybridized carbons (Fsp3) is 0.260. The van der Waals surface area contributed by atoms with Gasteiger partial charge in [0.05, 0.1) is 60.2 Å². The average Bonchev–Trinajstić information content (AvgIpc) is 0.867. The van der Waals surface area contributed by atoms with Crippen molar-refractivity contribution in [1.82, 2.24) is 36.2 Å². The molecule has 7 amide bonds. The Labute approximate surface area is 595 Å². The van der Waals surface area contributed by atoms with E-state index in [1.165, 1.54) is 38.1 Å². The van der Waals surface area contributed by atoms with E-state index in [1.54, 1.807) is 73.7 Å². The lowest BCUT2D eigenvalue weighted by molar-refractivity contribution is -0.385. The standard InChI is InChI=1S/C27H27N3O5.C25H22N4O6.C25H25N3O4S/c1-3-14-28-26(31)17(2)35-27(32)24-21-11-4-5-13-23(21)29-25-19(9-7-12-22(24)25)15-18-8-6-10-20(16-18)30(33)34;1-14(23(30)28-25(26)32)35-24(31)21-18-9-2-3-11-20(18)27-22-16(7-5-10-19(21)22)12-15-6-4-8-17(13-15)29(33)34;1-3-26-25(31)28-23(29)15(2)32-24(30)21-18-10-4-5-12-20(18)27-22-16(8-6-11-19(21)22)14-17-9-7-13-33-17/h4-6,8,10-11,13,15-17H,3,7,9,12,14H2,1-2H3,(H,28,31);2-4,6,8-9,11-14H,5,7,10H2,1H3,(H3,26,28,30,32);4-5,7,9-10,12-15H,3,6,8,11H2,1-2H3,(H2,26,28,29,31)/b19-15+;16-12+;16-14-.